The number of carboxylic acid groups (broad SMARTS) is 1. The molecule has 6 atom stereocenters. The Labute approximate surface area is 299 Å². The fourth-order valence-electron chi connectivity index (χ4n) is 5.69. The van der Waals surface area contributed by atoms with Crippen molar-refractivity contribution < 1.29 is 49.2 Å². The van der Waals surface area contributed by atoms with Crippen LogP contribution < -0.4 is 21.8 Å². The molecule has 0 aromatic heterocycles. The molecule has 14 heteroatoms. The number of hydroxylamine groups is 1. The van der Waals surface area contributed by atoms with Crippen LogP contribution in [0.15, 0.2) is 60.7 Å². The highest BCUT2D eigenvalue weighted by atomic mass is 16.5. The Morgan fingerprint density at radius 1 is 0.784 bits per heavy atom. The Kier molecular flexibility index (Phi) is 18.3. The molecule has 0 bridgehead atoms. The first kappa shape index (κ1) is 42.8. The first-order valence-corrected chi connectivity index (χ1v) is 17.3. The van der Waals surface area contributed by atoms with E-state index in [9.17, 15) is 34.2 Å². The Hall–Kier alpha value is -4.37. The lowest BCUT2D eigenvalue weighted by molar-refractivity contribution is -0.154. The van der Waals surface area contributed by atoms with Crippen molar-refractivity contribution in [3.63, 3.8) is 0 Å². The van der Waals surface area contributed by atoms with Crippen molar-refractivity contribution in [1.82, 2.24) is 16.1 Å². The monoisotopic (exact) mass is 714 g/mol. The highest BCUT2D eigenvalue weighted by Crippen LogP contribution is 2.25. The molecule has 3 amide bonds. The summed E-state index contributed by atoms with van der Waals surface area (Å²) in [6.45, 7) is 7.40. The summed E-state index contributed by atoms with van der Waals surface area (Å²) in [7, 11) is 0. The van der Waals surface area contributed by atoms with E-state index in [1.54, 1.807) is 30.3 Å². The second-order valence-corrected chi connectivity index (χ2v) is 13.7. The number of carbonyl (C=O) groups is 5. The molecule has 0 heterocycles. The zero-order chi connectivity index (χ0) is 38.1. The lowest BCUT2D eigenvalue weighted by atomic mass is 9.90. The number of nitrogens with one attached hydrogen (secondary N) is 3. The topological polar surface area (TPSA) is 238 Å². The van der Waals surface area contributed by atoms with Gasteiger partial charge in [0.15, 0.2) is 6.04 Å². The summed E-state index contributed by atoms with van der Waals surface area (Å²) in [6.07, 6.45) is 1.05. The van der Waals surface area contributed by atoms with Gasteiger partial charge in [-0.25, -0.2) is 15.1 Å². The third-order valence-electron chi connectivity index (χ3n) is 8.37. The molecular weight excluding hydrogens is 660 g/mol. The van der Waals surface area contributed by atoms with Gasteiger partial charge >= 0.3 is 11.9 Å². The second kappa shape index (κ2) is 21.8. The average molecular weight is 715 g/mol. The number of hydrogen-bond acceptors (Lipinski definition) is 10. The molecule has 0 unspecified atom stereocenters. The molecule has 2 aromatic carbocycles. The van der Waals surface area contributed by atoms with Crippen LogP contribution in [-0.4, -0.2) is 80.6 Å². The third kappa shape index (κ3) is 14.8. The number of carboxylic acids is 1. The van der Waals surface area contributed by atoms with Gasteiger partial charge in [-0.05, 0) is 67.9 Å². The number of nitrogens with two attached hydrogens (primary N) is 1. The Morgan fingerprint density at radius 3 is 1.84 bits per heavy atom. The molecule has 2 aromatic rings. The van der Waals surface area contributed by atoms with Crippen LogP contribution in [0.2, 0.25) is 0 Å². The van der Waals surface area contributed by atoms with E-state index in [1.165, 1.54) is 5.48 Å². The maximum absolute atomic E-state index is 12.9. The summed E-state index contributed by atoms with van der Waals surface area (Å²) >= 11 is 0. The van der Waals surface area contributed by atoms with Crippen molar-refractivity contribution >= 4 is 29.7 Å². The van der Waals surface area contributed by atoms with Gasteiger partial charge in [-0.2, -0.15) is 0 Å². The minimum Gasteiger partial charge on any atom is -0.480 e. The van der Waals surface area contributed by atoms with E-state index in [4.69, 9.17) is 20.8 Å². The smallest absolute Gasteiger partial charge is 0.333 e. The first-order chi connectivity index (χ1) is 24.1. The molecule has 14 nitrogen and oxygen atoms in total. The van der Waals surface area contributed by atoms with Gasteiger partial charge < -0.3 is 36.4 Å². The number of aliphatic carboxylic acids is 1. The largest absolute Gasteiger partial charge is 0.480 e. The van der Waals surface area contributed by atoms with Crippen LogP contribution >= 0.6 is 0 Å². The molecule has 0 spiro atoms. The summed E-state index contributed by atoms with van der Waals surface area (Å²) in [6, 6.07) is 15.1. The fraction of sp³-hybridized carbons (Fsp3) is 0.541. The minimum atomic E-state index is -1.75. The Bertz CT molecular complexity index is 1390. The van der Waals surface area contributed by atoms with E-state index >= 15 is 0 Å². The minimum absolute atomic E-state index is 0.00694. The van der Waals surface area contributed by atoms with Gasteiger partial charge in [-0.3, -0.25) is 19.6 Å². The molecule has 51 heavy (non-hydrogen) atoms. The summed E-state index contributed by atoms with van der Waals surface area (Å²) < 4.78 is 5.58. The standard InChI is InChI=1S/C21H30N2O6.C16H24N2O4/c1-13(2)12-16(18(24)20(26)23-28)19(25)22-17(14-8-4-3-5-9-14)21(27)29-15-10-6-7-11-15;1-10(2)8-13(16(21)22)18-15(20)14(19)12(17)9-11-6-4-3-5-7-11/h3-5,8-9,13,15-18,24,28H,6-7,10-12H2,1-2H3,(H,22,25)(H,23,26);3-7,10,12-14,19H,8-9,17H2,1-2H3,(H,18,20)(H,21,22)/t16-,17+,18+;12-,13+,14+/m11/s1. The number of aliphatic hydroxyl groups excluding tert-OH is 2. The number of carbonyl (C=O) groups excluding carboxylic acids is 4. The summed E-state index contributed by atoms with van der Waals surface area (Å²) in [5, 5.41) is 43.1. The van der Waals surface area contributed by atoms with Gasteiger partial charge in [0.1, 0.15) is 24.4 Å². The lowest BCUT2D eigenvalue weighted by Crippen LogP contribution is -2.52. The van der Waals surface area contributed by atoms with Crippen LogP contribution in [-0.2, 0) is 35.1 Å². The van der Waals surface area contributed by atoms with Crippen molar-refractivity contribution in [3.05, 3.63) is 71.8 Å². The van der Waals surface area contributed by atoms with Crippen LogP contribution in [0.3, 0.4) is 0 Å². The average Bonchev–Trinajstić information content (AvgIpc) is 3.61. The molecule has 1 aliphatic rings. The predicted octanol–water partition coefficient (Wildman–Crippen LogP) is 2.39. The van der Waals surface area contributed by atoms with E-state index < -0.39 is 65.9 Å². The number of esters is 1. The van der Waals surface area contributed by atoms with E-state index in [0.717, 1.165) is 31.2 Å². The van der Waals surface area contributed by atoms with Gasteiger partial charge in [-0.15, -0.1) is 0 Å². The van der Waals surface area contributed by atoms with Crippen molar-refractivity contribution in [3.8, 4) is 0 Å². The molecule has 1 saturated carbocycles. The maximum atomic E-state index is 12.9. The zero-order valence-corrected chi connectivity index (χ0v) is 29.7. The highest BCUT2D eigenvalue weighted by molar-refractivity contribution is 5.91. The third-order valence-corrected chi connectivity index (χ3v) is 8.37. The maximum Gasteiger partial charge on any atom is 0.333 e. The number of benzene rings is 2. The van der Waals surface area contributed by atoms with Crippen LogP contribution in [0, 0.1) is 17.8 Å². The van der Waals surface area contributed by atoms with Crippen LogP contribution in [0.5, 0.6) is 0 Å². The SMILES string of the molecule is CC(C)C[C@@H](C(=O)N[C@H](C(=O)OC1CCCC1)c1ccccc1)[C@H](O)C(=O)NO.CC(C)C[C@H](NC(=O)[C@@H](O)[C@H](N)Cc1ccccc1)C(=O)O. The normalized spacial score (nSPS) is 16.4. The Balaban J connectivity index is 0.000000368. The number of rotatable bonds is 17. The van der Waals surface area contributed by atoms with E-state index in [2.05, 4.69) is 10.6 Å². The molecule has 1 fully saturated rings. The molecule has 3 rings (SSSR count). The summed E-state index contributed by atoms with van der Waals surface area (Å²) in [5.74, 6) is -5.21. The number of ether oxygens (including phenoxy) is 1. The van der Waals surface area contributed by atoms with Crippen LogP contribution in [0.1, 0.15) is 83.4 Å². The quantitative estimate of drug-likeness (QED) is 0.0673. The highest BCUT2D eigenvalue weighted by Gasteiger charge is 2.36. The second-order valence-electron chi connectivity index (χ2n) is 13.7. The van der Waals surface area contributed by atoms with Gasteiger partial charge in [0.2, 0.25) is 5.91 Å². The molecule has 0 radical (unpaired) electrons. The predicted molar refractivity (Wildman–Crippen MR) is 188 cm³/mol. The van der Waals surface area contributed by atoms with E-state index in [1.807, 2.05) is 58.0 Å². The van der Waals surface area contributed by atoms with Crippen LogP contribution in [0.4, 0.5) is 0 Å². The van der Waals surface area contributed by atoms with E-state index in [0.29, 0.717) is 18.4 Å². The number of amides is 3. The lowest BCUT2D eigenvalue weighted by Gasteiger charge is -2.26. The first-order valence-electron chi connectivity index (χ1n) is 17.3. The van der Waals surface area contributed by atoms with Crippen LogP contribution in [0.25, 0.3) is 0 Å². The van der Waals surface area contributed by atoms with Crippen molar-refractivity contribution in [2.75, 3.05) is 0 Å². The Morgan fingerprint density at radius 2 is 1.33 bits per heavy atom. The van der Waals surface area contributed by atoms with Gasteiger partial charge in [0, 0.05) is 6.04 Å². The zero-order valence-electron chi connectivity index (χ0n) is 29.7. The number of hydrogen-bond donors (Lipinski definition) is 8. The van der Waals surface area contributed by atoms with Crippen molar-refractivity contribution in [2.24, 2.45) is 23.5 Å². The molecule has 0 aliphatic heterocycles. The fourth-order valence-corrected chi connectivity index (χ4v) is 5.69. The summed E-state index contributed by atoms with van der Waals surface area (Å²) in [4.78, 5) is 60.5. The molecule has 9 N–H and O–H groups in total. The molecule has 1 aliphatic carbocycles. The molecule has 0 saturated heterocycles. The number of aliphatic hydroxyl groups is 2. The summed E-state index contributed by atoms with van der Waals surface area (Å²) in [5.41, 5.74) is 8.66. The van der Waals surface area contributed by atoms with Gasteiger partial charge in [-0.1, -0.05) is 88.4 Å². The van der Waals surface area contributed by atoms with Crippen molar-refractivity contribution in [1.29, 1.82) is 0 Å². The van der Waals surface area contributed by atoms with Gasteiger partial charge in [0.05, 0.1) is 5.92 Å². The van der Waals surface area contributed by atoms with Gasteiger partial charge in [0.25, 0.3) is 11.8 Å². The molecular formula is C37H54N4O10. The van der Waals surface area contributed by atoms with E-state index in [-0.39, 0.29) is 24.4 Å². The van der Waals surface area contributed by atoms with Crippen molar-refractivity contribution in [2.45, 2.75) is 109 Å². The molecule has 282 valence electrons.